The van der Waals surface area contributed by atoms with Gasteiger partial charge in [0, 0.05) is 29.2 Å². The first-order chi connectivity index (χ1) is 13.2. The Labute approximate surface area is 159 Å². The van der Waals surface area contributed by atoms with Crippen molar-refractivity contribution in [1.29, 1.82) is 0 Å². The summed E-state index contributed by atoms with van der Waals surface area (Å²) in [6.45, 7) is 3.89. The molecule has 0 fully saturated rings. The normalized spacial score (nSPS) is 11.3. The SMILES string of the molecule is CCc1[nH]c2ccccc2c1CCNCc1ccc(C=CC(=O)NO)cc1. The molecule has 27 heavy (non-hydrogen) atoms. The van der Waals surface area contributed by atoms with Crippen molar-refractivity contribution in [3.8, 4) is 0 Å². The van der Waals surface area contributed by atoms with Crippen LogP contribution in [0.2, 0.25) is 0 Å². The monoisotopic (exact) mass is 363 g/mol. The van der Waals surface area contributed by atoms with Gasteiger partial charge in [0.2, 0.25) is 0 Å². The fourth-order valence-electron chi connectivity index (χ4n) is 3.25. The lowest BCUT2D eigenvalue weighted by Crippen LogP contribution is -2.17. The number of benzene rings is 2. The van der Waals surface area contributed by atoms with Gasteiger partial charge in [-0.25, -0.2) is 5.48 Å². The molecule has 5 nitrogen and oxygen atoms in total. The Hall–Kier alpha value is -2.89. The van der Waals surface area contributed by atoms with Crippen molar-refractivity contribution in [2.75, 3.05) is 6.54 Å². The van der Waals surface area contributed by atoms with Crippen molar-refractivity contribution in [3.63, 3.8) is 0 Å². The minimum atomic E-state index is -0.538. The van der Waals surface area contributed by atoms with Gasteiger partial charge in [0.05, 0.1) is 0 Å². The standard InChI is InChI=1S/C22H25N3O2/c1-2-20-19(18-5-3-4-6-21(18)24-20)13-14-23-15-17-9-7-16(8-10-17)11-12-22(26)25-27/h3-12,23-24,27H,2,13-15H2,1H3,(H,25,26). The number of hydroxylamine groups is 1. The van der Waals surface area contributed by atoms with Crippen molar-refractivity contribution < 1.29 is 10.0 Å². The molecule has 3 rings (SSSR count). The third-order valence-electron chi connectivity index (χ3n) is 4.65. The van der Waals surface area contributed by atoms with Crippen LogP contribution in [0.15, 0.2) is 54.6 Å². The number of carbonyl (C=O) groups is 1. The zero-order valence-electron chi connectivity index (χ0n) is 15.5. The van der Waals surface area contributed by atoms with E-state index < -0.39 is 5.91 Å². The predicted molar refractivity (Wildman–Crippen MR) is 108 cm³/mol. The van der Waals surface area contributed by atoms with Crippen LogP contribution in [0.25, 0.3) is 17.0 Å². The molecule has 0 saturated carbocycles. The largest absolute Gasteiger partial charge is 0.358 e. The van der Waals surface area contributed by atoms with E-state index in [0.717, 1.165) is 31.5 Å². The number of H-pyrrole nitrogens is 1. The van der Waals surface area contributed by atoms with E-state index in [0.29, 0.717) is 0 Å². The summed E-state index contributed by atoms with van der Waals surface area (Å²) in [5.74, 6) is -0.538. The molecule has 0 saturated heterocycles. The Morgan fingerprint density at radius 3 is 2.67 bits per heavy atom. The van der Waals surface area contributed by atoms with Crippen LogP contribution >= 0.6 is 0 Å². The molecule has 0 atom stereocenters. The molecule has 0 radical (unpaired) electrons. The van der Waals surface area contributed by atoms with Crippen LogP contribution in [0, 0.1) is 0 Å². The Morgan fingerprint density at radius 2 is 1.93 bits per heavy atom. The maximum atomic E-state index is 11.0. The third-order valence-corrected chi connectivity index (χ3v) is 4.65. The van der Waals surface area contributed by atoms with Crippen LogP contribution in [-0.4, -0.2) is 22.6 Å². The zero-order valence-corrected chi connectivity index (χ0v) is 15.5. The van der Waals surface area contributed by atoms with Crippen LogP contribution < -0.4 is 10.8 Å². The number of para-hydroxylation sites is 1. The van der Waals surface area contributed by atoms with Gasteiger partial charge in [-0.3, -0.25) is 10.0 Å². The number of aromatic amines is 1. The van der Waals surface area contributed by atoms with Crippen molar-refractivity contribution in [3.05, 3.63) is 77.0 Å². The van der Waals surface area contributed by atoms with Crippen LogP contribution in [0.1, 0.15) is 29.3 Å². The molecule has 3 aromatic rings. The quantitative estimate of drug-likeness (QED) is 0.214. The lowest BCUT2D eigenvalue weighted by molar-refractivity contribution is -0.124. The van der Waals surface area contributed by atoms with Crippen molar-refractivity contribution in [1.82, 2.24) is 15.8 Å². The molecule has 0 aliphatic rings. The second kappa shape index (κ2) is 9.16. The Kier molecular flexibility index (Phi) is 6.41. The van der Waals surface area contributed by atoms with Gasteiger partial charge in [-0.1, -0.05) is 49.4 Å². The molecule has 1 heterocycles. The van der Waals surface area contributed by atoms with Gasteiger partial charge < -0.3 is 10.3 Å². The molecule has 0 aliphatic heterocycles. The Balaban J connectivity index is 1.53. The van der Waals surface area contributed by atoms with E-state index in [-0.39, 0.29) is 0 Å². The summed E-state index contributed by atoms with van der Waals surface area (Å²) in [5, 5.41) is 13.3. The average Bonchev–Trinajstić information content (AvgIpc) is 3.08. The van der Waals surface area contributed by atoms with Crippen LogP contribution in [0.4, 0.5) is 0 Å². The summed E-state index contributed by atoms with van der Waals surface area (Å²) in [4.78, 5) is 14.5. The first-order valence-corrected chi connectivity index (χ1v) is 9.21. The van der Waals surface area contributed by atoms with E-state index >= 15 is 0 Å². The molecule has 0 unspecified atom stereocenters. The van der Waals surface area contributed by atoms with Gasteiger partial charge in [0.15, 0.2) is 0 Å². The van der Waals surface area contributed by atoms with E-state index in [1.165, 1.54) is 33.8 Å². The second-order valence-corrected chi connectivity index (χ2v) is 6.46. The number of hydrogen-bond acceptors (Lipinski definition) is 3. The number of aromatic nitrogens is 1. The predicted octanol–water partition coefficient (Wildman–Crippen LogP) is 3.58. The van der Waals surface area contributed by atoms with E-state index in [1.807, 2.05) is 24.3 Å². The lowest BCUT2D eigenvalue weighted by atomic mass is 10.1. The number of amides is 1. The molecule has 1 amide bonds. The fourth-order valence-corrected chi connectivity index (χ4v) is 3.25. The highest BCUT2D eigenvalue weighted by Gasteiger charge is 2.09. The van der Waals surface area contributed by atoms with E-state index in [2.05, 4.69) is 41.5 Å². The number of rotatable bonds is 8. The van der Waals surface area contributed by atoms with Crippen LogP contribution in [0.5, 0.6) is 0 Å². The molecule has 5 heteroatoms. The molecule has 2 aromatic carbocycles. The van der Waals surface area contributed by atoms with Gasteiger partial charge >= 0.3 is 0 Å². The minimum Gasteiger partial charge on any atom is -0.358 e. The van der Waals surface area contributed by atoms with Crippen molar-refractivity contribution in [2.45, 2.75) is 26.3 Å². The van der Waals surface area contributed by atoms with E-state index in [1.54, 1.807) is 11.6 Å². The Morgan fingerprint density at radius 1 is 1.15 bits per heavy atom. The highest BCUT2D eigenvalue weighted by Crippen LogP contribution is 2.23. The molecule has 0 aliphatic carbocycles. The van der Waals surface area contributed by atoms with Gasteiger partial charge in [0.1, 0.15) is 0 Å². The molecular weight excluding hydrogens is 338 g/mol. The molecule has 1 aromatic heterocycles. The van der Waals surface area contributed by atoms with Gasteiger partial charge in [0.25, 0.3) is 5.91 Å². The maximum Gasteiger partial charge on any atom is 0.267 e. The van der Waals surface area contributed by atoms with Crippen LogP contribution in [0.3, 0.4) is 0 Å². The summed E-state index contributed by atoms with van der Waals surface area (Å²) in [5.41, 5.74) is 7.61. The zero-order chi connectivity index (χ0) is 19.1. The van der Waals surface area contributed by atoms with Crippen LogP contribution in [-0.2, 0) is 24.2 Å². The topological polar surface area (TPSA) is 77.2 Å². The molecule has 140 valence electrons. The lowest BCUT2D eigenvalue weighted by Gasteiger charge is -2.07. The van der Waals surface area contributed by atoms with Crippen molar-refractivity contribution >= 4 is 22.9 Å². The first-order valence-electron chi connectivity index (χ1n) is 9.21. The number of hydrogen-bond donors (Lipinski definition) is 4. The highest BCUT2D eigenvalue weighted by atomic mass is 16.5. The summed E-state index contributed by atoms with van der Waals surface area (Å²) in [7, 11) is 0. The maximum absolute atomic E-state index is 11.0. The molecule has 4 N–H and O–H groups in total. The Bertz CT molecular complexity index is 926. The molecular formula is C22H25N3O2. The van der Waals surface area contributed by atoms with Crippen molar-refractivity contribution in [2.24, 2.45) is 0 Å². The summed E-state index contributed by atoms with van der Waals surface area (Å²) < 4.78 is 0. The second-order valence-electron chi connectivity index (χ2n) is 6.46. The number of carbonyl (C=O) groups excluding carboxylic acids is 1. The minimum absolute atomic E-state index is 0.538. The average molecular weight is 363 g/mol. The summed E-state index contributed by atoms with van der Waals surface area (Å²) in [6.07, 6.45) is 4.95. The van der Waals surface area contributed by atoms with Gasteiger partial charge in [-0.15, -0.1) is 0 Å². The number of nitrogens with one attached hydrogen (secondary N) is 3. The van der Waals surface area contributed by atoms with E-state index in [9.17, 15) is 4.79 Å². The summed E-state index contributed by atoms with van der Waals surface area (Å²) in [6, 6.07) is 16.4. The van der Waals surface area contributed by atoms with Gasteiger partial charge in [-0.2, -0.15) is 0 Å². The first kappa shape index (κ1) is 18.9. The number of aryl methyl sites for hydroxylation is 1. The fraction of sp³-hybridized carbons (Fsp3) is 0.227. The molecule has 0 bridgehead atoms. The molecule has 0 spiro atoms. The van der Waals surface area contributed by atoms with E-state index in [4.69, 9.17) is 5.21 Å². The summed E-state index contributed by atoms with van der Waals surface area (Å²) >= 11 is 0. The highest BCUT2D eigenvalue weighted by molar-refractivity contribution is 5.90. The number of fused-ring (bicyclic) bond motifs is 1. The smallest absolute Gasteiger partial charge is 0.267 e. The van der Waals surface area contributed by atoms with Gasteiger partial charge in [-0.05, 0) is 48.2 Å². The third kappa shape index (κ3) is 4.84.